The van der Waals surface area contributed by atoms with Crippen LogP contribution in [0, 0.1) is 0 Å². The lowest BCUT2D eigenvalue weighted by atomic mass is 10.1. The minimum absolute atomic E-state index is 0.0583. The number of piperazine rings is 1. The first-order chi connectivity index (χ1) is 26.8. The third-order valence-corrected chi connectivity index (χ3v) is 10.8. The molecule has 4 aromatic carbocycles. The number of ether oxygens (including phenoxy) is 3. The molecule has 1 unspecified atom stereocenters. The zero-order valence-corrected chi connectivity index (χ0v) is 32.1. The first kappa shape index (κ1) is 36.8. The van der Waals surface area contributed by atoms with E-state index < -0.39 is 11.9 Å². The molecule has 2 aliphatic heterocycles. The van der Waals surface area contributed by atoms with Gasteiger partial charge in [0.05, 0.1) is 23.4 Å². The lowest BCUT2D eigenvalue weighted by Crippen LogP contribution is -2.46. The molecule has 8 rings (SSSR count). The normalized spacial score (nSPS) is 19.2. The van der Waals surface area contributed by atoms with E-state index in [-0.39, 0.29) is 31.5 Å². The Balaban J connectivity index is 0.877. The second-order valence-electron chi connectivity index (χ2n) is 13.7. The van der Waals surface area contributed by atoms with E-state index in [1.807, 2.05) is 74.5 Å². The van der Waals surface area contributed by atoms with Crippen LogP contribution in [0.15, 0.2) is 108 Å². The number of hydrogen-bond acceptors (Lipinski definition) is 10. The maximum absolute atomic E-state index is 12.8. The number of aromatic nitrogens is 7. The van der Waals surface area contributed by atoms with Crippen LogP contribution in [-0.2, 0) is 21.8 Å². The van der Waals surface area contributed by atoms with E-state index >= 15 is 0 Å². The molecule has 15 heteroatoms. The SMILES string of the molecule is CCC(C)n1ncn(-c2ccc(N3CCN(c4ccc(OC[C@@H]5CO[C@@](Cn6nnnc6-c6ccccc6)(c6ccc(Cl)cc6Cl)O5)cc4)CC3)cc2)c1=O. The molecule has 0 N–H and O–H groups in total. The van der Waals surface area contributed by atoms with Gasteiger partial charge in [-0.1, -0.05) is 66.5 Å². The van der Waals surface area contributed by atoms with E-state index in [0.29, 0.717) is 21.4 Å². The Morgan fingerprint density at radius 3 is 2.24 bits per heavy atom. The average molecular weight is 783 g/mol. The third kappa shape index (κ3) is 7.70. The zero-order valence-electron chi connectivity index (χ0n) is 30.5. The second-order valence-corrected chi connectivity index (χ2v) is 14.6. The molecular formula is C40H41Cl2N9O4. The topological polar surface area (TPSA) is 118 Å². The van der Waals surface area contributed by atoms with Crippen molar-refractivity contribution in [1.29, 1.82) is 0 Å². The lowest BCUT2D eigenvalue weighted by molar-refractivity contribution is -0.190. The quantitative estimate of drug-likeness (QED) is 0.134. The lowest BCUT2D eigenvalue weighted by Gasteiger charge is -2.37. The second kappa shape index (κ2) is 15.9. The van der Waals surface area contributed by atoms with E-state index in [1.165, 1.54) is 4.68 Å². The molecule has 0 radical (unpaired) electrons. The van der Waals surface area contributed by atoms with Crippen LogP contribution in [0.1, 0.15) is 31.9 Å². The van der Waals surface area contributed by atoms with Crippen molar-refractivity contribution in [3.8, 4) is 22.8 Å². The predicted molar refractivity (Wildman–Crippen MR) is 211 cm³/mol. The Kier molecular flexibility index (Phi) is 10.6. The van der Waals surface area contributed by atoms with Crippen molar-refractivity contribution in [3.05, 3.63) is 129 Å². The summed E-state index contributed by atoms with van der Waals surface area (Å²) in [5.41, 5.74) is 4.43. The Bertz CT molecular complexity index is 2270. The van der Waals surface area contributed by atoms with Gasteiger partial charge in [-0.3, -0.25) is 0 Å². The van der Waals surface area contributed by atoms with Crippen LogP contribution < -0.4 is 20.2 Å². The molecular weight excluding hydrogens is 741 g/mol. The fourth-order valence-corrected chi connectivity index (χ4v) is 7.57. The number of benzene rings is 4. The van der Waals surface area contributed by atoms with Crippen LogP contribution in [0.3, 0.4) is 0 Å². The van der Waals surface area contributed by atoms with Crippen molar-refractivity contribution in [3.63, 3.8) is 0 Å². The van der Waals surface area contributed by atoms with Crippen LogP contribution in [0.25, 0.3) is 17.1 Å². The summed E-state index contributed by atoms with van der Waals surface area (Å²) in [5.74, 6) is 0.0292. The molecule has 0 spiro atoms. The van der Waals surface area contributed by atoms with Gasteiger partial charge in [-0.05, 0) is 84.4 Å². The third-order valence-electron chi connectivity index (χ3n) is 10.2. The van der Waals surface area contributed by atoms with Gasteiger partial charge in [0.2, 0.25) is 5.79 Å². The van der Waals surface area contributed by atoms with Crippen molar-refractivity contribution in [2.45, 2.75) is 44.7 Å². The van der Waals surface area contributed by atoms with Gasteiger partial charge in [-0.2, -0.15) is 5.10 Å². The number of hydrogen-bond donors (Lipinski definition) is 0. The molecule has 2 aliphatic rings. The minimum Gasteiger partial charge on any atom is -0.491 e. The highest BCUT2D eigenvalue weighted by atomic mass is 35.5. The zero-order chi connectivity index (χ0) is 37.9. The van der Waals surface area contributed by atoms with E-state index in [0.717, 1.165) is 61.0 Å². The first-order valence-corrected chi connectivity index (χ1v) is 19.1. The molecule has 6 aromatic rings. The number of anilines is 2. The summed E-state index contributed by atoms with van der Waals surface area (Å²) in [5, 5.41) is 17.7. The van der Waals surface area contributed by atoms with Crippen molar-refractivity contribution < 1.29 is 14.2 Å². The fourth-order valence-electron chi connectivity index (χ4n) is 7.02. The molecule has 2 saturated heterocycles. The van der Waals surface area contributed by atoms with Crippen molar-refractivity contribution >= 4 is 34.6 Å². The summed E-state index contributed by atoms with van der Waals surface area (Å²) in [4.78, 5) is 17.6. The van der Waals surface area contributed by atoms with Crippen LogP contribution in [-0.4, -0.2) is 80.1 Å². The molecule has 2 fully saturated rings. The molecule has 13 nitrogen and oxygen atoms in total. The Morgan fingerprint density at radius 1 is 0.891 bits per heavy atom. The van der Waals surface area contributed by atoms with Gasteiger partial charge in [-0.25, -0.2) is 18.7 Å². The van der Waals surface area contributed by atoms with Gasteiger partial charge in [0.1, 0.15) is 31.3 Å². The average Bonchev–Trinajstić information content (AvgIpc) is 3.96. The largest absolute Gasteiger partial charge is 0.491 e. The molecule has 284 valence electrons. The summed E-state index contributed by atoms with van der Waals surface area (Å²) in [6.07, 6.45) is 2.05. The Hall–Kier alpha value is -5.21. The molecule has 0 aliphatic carbocycles. The molecule has 4 heterocycles. The van der Waals surface area contributed by atoms with E-state index in [9.17, 15) is 4.79 Å². The van der Waals surface area contributed by atoms with Crippen LogP contribution in [0.5, 0.6) is 5.75 Å². The van der Waals surface area contributed by atoms with Crippen molar-refractivity contribution in [2.24, 2.45) is 0 Å². The van der Waals surface area contributed by atoms with E-state index in [2.05, 4.69) is 54.7 Å². The number of nitrogens with zero attached hydrogens (tertiary/aromatic N) is 9. The molecule has 0 amide bonds. The molecule has 55 heavy (non-hydrogen) atoms. The minimum atomic E-state index is -1.28. The summed E-state index contributed by atoms with van der Waals surface area (Å²) in [6.45, 7) is 8.23. The predicted octanol–water partition coefficient (Wildman–Crippen LogP) is 6.64. The van der Waals surface area contributed by atoms with Crippen LogP contribution >= 0.6 is 23.2 Å². The summed E-state index contributed by atoms with van der Waals surface area (Å²) < 4.78 is 24.1. The summed E-state index contributed by atoms with van der Waals surface area (Å²) in [7, 11) is 0. The number of halogens is 2. The Labute approximate surface area is 328 Å². The van der Waals surface area contributed by atoms with Crippen molar-refractivity contribution in [2.75, 3.05) is 49.2 Å². The van der Waals surface area contributed by atoms with Crippen molar-refractivity contribution in [1.82, 2.24) is 34.6 Å². The highest BCUT2D eigenvalue weighted by Crippen LogP contribution is 2.41. The van der Waals surface area contributed by atoms with Gasteiger partial charge < -0.3 is 24.0 Å². The van der Waals surface area contributed by atoms with Gasteiger partial charge in [0.15, 0.2) is 5.82 Å². The maximum atomic E-state index is 12.8. The summed E-state index contributed by atoms with van der Waals surface area (Å²) in [6, 6.07) is 31.2. The van der Waals surface area contributed by atoms with E-state index in [4.69, 9.17) is 37.4 Å². The monoisotopic (exact) mass is 781 g/mol. The van der Waals surface area contributed by atoms with Gasteiger partial charge in [-0.15, -0.1) is 5.10 Å². The first-order valence-electron chi connectivity index (χ1n) is 18.4. The number of rotatable bonds is 12. The smallest absolute Gasteiger partial charge is 0.350 e. The molecule has 0 bridgehead atoms. The standard InChI is InChI=1S/C40H41Cl2N9O4/c1-3-28(2)51-39(52)49(27-43-51)33-12-10-31(11-13-33)47-19-21-48(22-20-47)32-14-16-34(17-15-32)53-24-35-25-54-40(55-35,36-18-9-30(41)23-37(36)42)26-50-38(44-45-46-50)29-7-5-4-6-8-29/h4-18,23,27-28,35H,3,19-22,24-26H2,1-2H3/t28?,35-,40-/m1/s1. The van der Waals surface area contributed by atoms with Gasteiger partial charge in [0, 0.05) is 53.7 Å². The van der Waals surface area contributed by atoms with E-state index in [1.54, 1.807) is 27.7 Å². The van der Waals surface area contributed by atoms with Crippen LogP contribution in [0.4, 0.5) is 11.4 Å². The highest BCUT2D eigenvalue weighted by molar-refractivity contribution is 6.35. The molecule has 3 atom stereocenters. The summed E-state index contributed by atoms with van der Waals surface area (Å²) >= 11 is 13.0. The van der Waals surface area contributed by atoms with Gasteiger partial charge >= 0.3 is 5.69 Å². The molecule has 2 aromatic heterocycles. The maximum Gasteiger partial charge on any atom is 0.350 e. The highest BCUT2D eigenvalue weighted by Gasteiger charge is 2.46. The molecule has 0 saturated carbocycles. The van der Waals surface area contributed by atoms with Crippen LogP contribution in [0.2, 0.25) is 10.0 Å². The fraction of sp³-hybridized carbons (Fsp3) is 0.325. The number of tetrazole rings is 1. The van der Waals surface area contributed by atoms with Gasteiger partial charge in [0.25, 0.3) is 0 Å². The Morgan fingerprint density at radius 2 is 1.56 bits per heavy atom.